The van der Waals surface area contributed by atoms with Crippen molar-refractivity contribution in [3.63, 3.8) is 0 Å². The van der Waals surface area contributed by atoms with Crippen LogP contribution in [0.3, 0.4) is 0 Å². The molecule has 0 amide bonds. The standard InChI is InChI=1S/37V. The molecule has 185 valence electrons. The molecule has 0 heterocycles. The van der Waals surface area contributed by atoms with Crippen molar-refractivity contribution in [2.24, 2.45) is 0 Å². The Morgan fingerprint density at radius 3 is 0.0270 bits per heavy atom. The van der Waals surface area contributed by atoms with Crippen molar-refractivity contribution in [3.05, 3.63) is 0 Å². The van der Waals surface area contributed by atoms with Gasteiger partial charge in [0.25, 0.3) is 0 Å². The molecule has 0 atom stereocenters. The molecule has 0 saturated heterocycles. The summed E-state index contributed by atoms with van der Waals surface area (Å²) in [6.07, 6.45) is 0. The van der Waals surface area contributed by atoms with Crippen LogP contribution in [0.2, 0.25) is 0 Å². The van der Waals surface area contributed by atoms with Gasteiger partial charge in [0.05, 0.1) is 0 Å². The third kappa shape index (κ3) is 381. The Kier molecular flexibility index (Phi) is 4450. The summed E-state index contributed by atoms with van der Waals surface area (Å²) < 4.78 is 0. The first-order valence-corrected chi connectivity index (χ1v) is 0. The Labute approximate surface area is 668 Å². The molecule has 0 unspecified atom stereocenters. The molecule has 0 bridgehead atoms. The zero-order valence-electron chi connectivity index (χ0n) is 16.5. The first kappa shape index (κ1) is 416. The molecule has 0 N–H and O–H groups in total. The summed E-state index contributed by atoms with van der Waals surface area (Å²) in [6.45, 7) is 0. The minimum Gasteiger partial charge on any atom is 0 e. The molecule has 0 aromatic rings. The van der Waals surface area contributed by atoms with Gasteiger partial charge in [-0.2, -0.15) is 0 Å². The minimum atomic E-state index is 0. The van der Waals surface area contributed by atoms with Crippen LogP contribution < -0.4 is 0 Å². The van der Waals surface area contributed by atoms with E-state index < -0.39 is 0 Å². The maximum atomic E-state index is 0. The molecule has 0 aromatic heterocycles. The zero-order chi connectivity index (χ0) is 0. The van der Waals surface area contributed by atoms with Gasteiger partial charge in [-0.15, -0.1) is 0 Å². The minimum absolute atomic E-state index is 0. The van der Waals surface area contributed by atoms with E-state index in [1.165, 1.54) is 0 Å². The molecular weight excluding hydrogens is 1880 g/mol. The largest absolute Gasteiger partial charge is 0 e. The van der Waals surface area contributed by atoms with Gasteiger partial charge in [0.15, 0.2) is 0 Å². The molecule has 0 aliphatic rings. The molecule has 0 spiro atoms. The monoisotopic (exact) mass is 1880 g/mol. The molecule has 0 fully saturated rings. The molecule has 0 aliphatic heterocycles. The molecular formula is V37. The summed E-state index contributed by atoms with van der Waals surface area (Å²) in [6, 6.07) is 0. The average molecular weight is 1880 g/mol. The molecule has 37 radical (unpaired) electrons. The van der Waals surface area contributed by atoms with E-state index in [9.17, 15) is 0 Å². The van der Waals surface area contributed by atoms with Crippen LogP contribution in [0, 0.1) is 0 Å². The van der Waals surface area contributed by atoms with Gasteiger partial charge < -0.3 is 0 Å². The van der Waals surface area contributed by atoms with E-state index in [2.05, 4.69) is 0 Å². The number of rotatable bonds is 0. The van der Waals surface area contributed by atoms with Crippen molar-refractivity contribution in [2.75, 3.05) is 0 Å². The van der Waals surface area contributed by atoms with Crippen molar-refractivity contribution >= 4 is 0 Å². The first-order chi connectivity index (χ1) is 0. The summed E-state index contributed by atoms with van der Waals surface area (Å²) in [5, 5.41) is 0. The third-order valence-electron chi connectivity index (χ3n) is 0. The van der Waals surface area contributed by atoms with Crippen molar-refractivity contribution in [1.29, 1.82) is 0 Å². The summed E-state index contributed by atoms with van der Waals surface area (Å²) in [5.41, 5.74) is 0. The Morgan fingerprint density at radius 2 is 0.0270 bits per heavy atom. The van der Waals surface area contributed by atoms with Crippen LogP contribution in [0.25, 0.3) is 0 Å². The van der Waals surface area contributed by atoms with Crippen molar-refractivity contribution in [3.8, 4) is 0 Å². The topological polar surface area (TPSA) is 0 Å². The second-order valence-corrected chi connectivity index (χ2v) is 0. The Bertz CT molecular complexity index is 0. The average Bonchev–Trinajstić information content (AvgIpc) is 0. The number of hydrogen-bond donors (Lipinski definition) is 0. The van der Waals surface area contributed by atoms with Crippen molar-refractivity contribution < 1.29 is 687 Å². The maximum absolute atomic E-state index is 0. The third-order valence-corrected chi connectivity index (χ3v) is 0. The quantitative estimate of drug-likeness (QED) is 0.319. The van der Waals surface area contributed by atoms with Crippen LogP contribution >= 0.6 is 0 Å². The van der Waals surface area contributed by atoms with Gasteiger partial charge in [0, 0.05) is 687 Å². The van der Waals surface area contributed by atoms with E-state index in [0.717, 1.165) is 0 Å². The number of hydrogen-bond acceptors (Lipinski definition) is 0. The van der Waals surface area contributed by atoms with Gasteiger partial charge in [-0.05, 0) is 0 Å². The summed E-state index contributed by atoms with van der Waals surface area (Å²) in [7, 11) is 0. The molecule has 0 nitrogen and oxygen atoms in total. The Balaban J connectivity index is 0. The second kappa shape index (κ2) is 395. The Hall–Kier alpha value is 21.6. The van der Waals surface area contributed by atoms with E-state index in [0.29, 0.717) is 0 Å². The first-order valence-electron chi connectivity index (χ1n) is 0. The predicted molar refractivity (Wildman–Crippen MR) is 0 cm³/mol. The van der Waals surface area contributed by atoms with Gasteiger partial charge in [0.1, 0.15) is 0 Å². The van der Waals surface area contributed by atoms with Gasteiger partial charge >= 0.3 is 0 Å². The van der Waals surface area contributed by atoms with Crippen molar-refractivity contribution in [2.45, 2.75) is 0 Å². The SMILES string of the molecule is [V].[V].[V].[V].[V].[V].[V].[V].[V].[V].[V].[V].[V].[V].[V].[V].[V].[V].[V].[V].[V].[V].[V].[V].[V].[V].[V].[V].[V].[V].[V].[V].[V].[V].[V].[V].[V]. The van der Waals surface area contributed by atoms with Crippen LogP contribution in [-0.2, 0) is 687 Å². The Morgan fingerprint density at radius 1 is 0.0270 bits per heavy atom. The van der Waals surface area contributed by atoms with Crippen LogP contribution in [0.5, 0.6) is 0 Å². The van der Waals surface area contributed by atoms with Gasteiger partial charge in [-0.1, -0.05) is 0 Å². The smallest absolute Gasteiger partial charge is 0 e. The normalized spacial score (nSPS) is 0. The van der Waals surface area contributed by atoms with Crippen molar-refractivity contribution in [1.82, 2.24) is 0 Å². The van der Waals surface area contributed by atoms with Crippen LogP contribution in [-0.4, -0.2) is 0 Å². The molecule has 0 aliphatic carbocycles. The summed E-state index contributed by atoms with van der Waals surface area (Å²) >= 11 is 0. The summed E-state index contributed by atoms with van der Waals surface area (Å²) in [5.74, 6) is 0. The van der Waals surface area contributed by atoms with Crippen LogP contribution in [0.15, 0.2) is 0 Å². The second-order valence-electron chi connectivity index (χ2n) is 0. The van der Waals surface area contributed by atoms with Gasteiger partial charge in [-0.3, -0.25) is 0 Å². The fraction of sp³-hybridized carbons (Fsp3) is 0. The predicted octanol–water partition coefficient (Wildman–Crippen LogP) is -0.0925. The van der Waals surface area contributed by atoms with E-state index in [4.69, 9.17) is 0 Å². The zero-order valence-corrected chi connectivity index (χ0v) is 68.2. The molecule has 0 aromatic carbocycles. The maximum Gasteiger partial charge on any atom is 0 e. The van der Waals surface area contributed by atoms with E-state index in [-0.39, 0.29) is 687 Å². The fourth-order valence-electron chi connectivity index (χ4n) is 0. The van der Waals surface area contributed by atoms with E-state index >= 15 is 0 Å². The molecule has 0 rings (SSSR count). The van der Waals surface area contributed by atoms with E-state index in [1.807, 2.05) is 0 Å². The fourth-order valence-corrected chi connectivity index (χ4v) is 0. The summed E-state index contributed by atoms with van der Waals surface area (Å²) in [4.78, 5) is 0. The van der Waals surface area contributed by atoms with Crippen LogP contribution in [0.4, 0.5) is 0 Å². The van der Waals surface area contributed by atoms with Gasteiger partial charge in [0.2, 0.25) is 0 Å². The molecule has 37 heteroatoms. The van der Waals surface area contributed by atoms with E-state index in [1.54, 1.807) is 0 Å². The van der Waals surface area contributed by atoms with Gasteiger partial charge in [-0.25, -0.2) is 0 Å². The van der Waals surface area contributed by atoms with Crippen LogP contribution in [0.1, 0.15) is 0 Å². The molecule has 0 saturated carbocycles. The molecule has 37 heavy (non-hydrogen) atoms.